The van der Waals surface area contributed by atoms with Gasteiger partial charge in [0.15, 0.2) is 0 Å². The second kappa shape index (κ2) is 11.4. The number of hydrogen-bond donors (Lipinski definition) is 7. The Kier molecular flexibility index (Phi) is 10.0. The van der Waals surface area contributed by atoms with Crippen molar-refractivity contribution in [1.29, 1.82) is 0 Å². The number of amides is 4. The van der Waals surface area contributed by atoms with E-state index in [4.69, 9.17) is 21.7 Å². The van der Waals surface area contributed by atoms with Crippen LogP contribution in [-0.4, -0.2) is 70.5 Å². The lowest BCUT2D eigenvalue weighted by atomic mass is 10.1. The molecule has 0 saturated carbocycles. The highest BCUT2D eigenvalue weighted by molar-refractivity contribution is 5.93. The summed E-state index contributed by atoms with van der Waals surface area (Å²) in [6.45, 7) is 0.698. The van der Waals surface area contributed by atoms with Crippen molar-refractivity contribution in [3.05, 3.63) is 0 Å². The van der Waals surface area contributed by atoms with Crippen LogP contribution in [0.4, 0.5) is 0 Å². The van der Waals surface area contributed by atoms with Crippen LogP contribution in [0.15, 0.2) is 0 Å². The van der Waals surface area contributed by atoms with Gasteiger partial charge in [-0.2, -0.15) is 0 Å². The summed E-state index contributed by atoms with van der Waals surface area (Å²) in [6, 6.07) is -3.79. The minimum atomic E-state index is -1.67. The van der Waals surface area contributed by atoms with E-state index in [1.54, 1.807) is 0 Å². The molecule has 13 nitrogen and oxygen atoms in total. The summed E-state index contributed by atoms with van der Waals surface area (Å²) in [6.07, 6.45) is -1.21. The van der Waals surface area contributed by atoms with E-state index in [2.05, 4.69) is 10.6 Å². The number of rotatable bonds is 12. The number of nitrogens with two attached hydrogens (primary N) is 2. The van der Waals surface area contributed by atoms with Crippen LogP contribution in [-0.2, 0) is 28.8 Å². The first-order chi connectivity index (χ1) is 12.4. The smallest absolute Gasteiger partial charge is 0.326 e. The van der Waals surface area contributed by atoms with E-state index in [1.807, 2.05) is 5.32 Å². The van der Waals surface area contributed by atoms with Crippen molar-refractivity contribution in [2.75, 3.05) is 6.54 Å². The molecule has 0 bridgehead atoms. The highest BCUT2D eigenvalue weighted by atomic mass is 16.4. The maximum Gasteiger partial charge on any atom is 0.326 e. The molecule has 0 fully saturated rings. The molecule has 13 heteroatoms. The van der Waals surface area contributed by atoms with E-state index >= 15 is 0 Å². The largest absolute Gasteiger partial charge is 0.481 e. The Hall–Kier alpha value is -3.22. The SMILES string of the molecule is CC(N)C(=O)NC(CCC(N)=O)C(=O)NCC(=O)NC(CC(=O)O)C(=O)O. The lowest BCUT2D eigenvalue weighted by Gasteiger charge is -2.19. The lowest BCUT2D eigenvalue weighted by molar-refractivity contribution is -0.147. The third kappa shape index (κ3) is 10.4. The first-order valence-electron chi connectivity index (χ1n) is 7.80. The Morgan fingerprint density at radius 3 is 2.00 bits per heavy atom. The summed E-state index contributed by atoms with van der Waals surface area (Å²) in [7, 11) is 0. The van der Waals surface area contributed by atoms with E-state index in [0.29, 0.717) is 0 Å². The van der Waals surface area contributed by atoms with Gasteiger partial charge in [0.2, 0.25) is 23.6 Å². The second-order valence-electron chi connectivity index (χ2n) is 5.63. The zero-order chi connectivity index (χ0) is 21.1. The molecule has 0 radical (unpaired) electrons. The Morgan fingerprint density at radius 1 is 0.963 bits per heavy atom. The van der Waals surface area contributed by atoms with Crippen molar-refractivity contribution in [3.63, 3.8) is 0 Å². The fourth-order valence-electron chi connectivity index (χ4n) is 1.77. The Labute approximate surface area is 153 Å². The quantitative estimate of drug-likeness (QED) is 0.173. The molecule has 27 heavy (non-hydrogen) atoms. The van der Waals surface area contributed by atoms with Gasteiger partial charge in [0.1, 0.15) is 12.1 Å². The molecule has 0 aliphatic rings. The fourth-order valence-corrected chi connectivity index (χ4v) is 1.77. The topological polar surface area (TPSA) is 231 Å². The fraction of sp³-hybridized carbons (Fsp3) is 0.571. The minimum Gasteiger partial charge on any atom is -0.481 e. The highest BCUT2D eigenvalue weighted by Gasteiger charge is 2.25. The van der Waals surface area contributed by atoms with E-state index in [1.165, 1.54) is 6.92 Å². The van der Waals surface area contributed by atoms with Crippen LogP contribution < -0.4 is 27.4 Å². The number of nitrogens with one attached hydrogen (secondary N) is 3. The van der Waals surface area contributed by atoms with Crippen LogP contribution in [0.2, 0.25) is 0 Å². The number of carbonyl (C=O) groups excluding carboxylic acids is 4. The molecule has 152 valence electrons. The van der Waals surface area contributed by atoms with E-state index in [0.717, 1.165) is 0 Å². The summed E-state index contributed by atoms with van der Waals surface area (Å²) in [5.74, 6) is -6.15. The van der Waals surface area contributed by atoms with Crippen LogP contribution in [0.3, 0.4) is 0 Å². The van der Waals surface area contributed by atoms with Gasteiger partial charge in [-0.1, -0.05) is 0 Å². The van der Waals surface area contributed by atoms with Crippen molar-refractivity contribution < 1.29 is 39.0 Å². The molecule has 0 aromatic heterocycles. The van der Waals surface area contributed by atoms with E-state index < -0.39 is 66.7 Å². The number of carboxylic acids is 2. The third-order valence-electron chi connectivity index (χ3n) is 3.16. The Balaban J connectivity index is 4.78. The first kappa shape index (κ1) is 23.8. The molecule has 0 rings (SSSR count). The van der Waals surface area contributed by atoms with Crippen LogP contribution in [0.25, 0.3) is 0 Å². The molecule has 0 aliphatic carbocycles. The van der Waals surface area contributed by atoms with Gasteiger partial charge in [-0.15, -0.1) is 0 Å². The molecule has 0 aliphatic heterocycles. The van der Waals surface area contributed by atoms with Crippen LogP contribution in [0.5, 0.6) is 0 Å². The number of hydrogen-bond acceptors (Lipinski definition) is 7. The number of carbonyl (C=O) groups is 6. The van der Waals surface area contributed by atoms with Gasteiger partial charge in [0.25, 0.3) is 0 Å². The average Bonchev–Trinajstić information content (AvgIpc) is 2.54. The number of carboxylic acid groups (broad SMARTS) is 2. The number of primary amides is 1. The van der Waals surface area contributed by atoms with Gasteiger partial charge in [-0.3, -0.25) is 24.0 Å². The Bertz CT molecular complexity index is 606. The summed E-state index contributed by atoms with van der Waals surface area (Å²) in [5, 5.41) is 23.8. The average molecular weight is 389 g/mol. The maximum absolute atomic E-state index is 12.1. The summed E-state index contributed by atoms with van der Waals surface area (Å²) >= 11 is 0. The predicted molar refractivity (Wildman–Crippen MR) is 88.8 cm³/mol. The molecule has 0 aromatic carbocycles. The third-order valence-corrected chi connectivity index (χ3v) is 3.16. The summed E-state index contributed by atoms with van der Waals surface area (Å²) in [4.78, 5) is 67.8. The van der Waals surface area contributed by atoms with Crippen LogP contribution in [0.1, 0.15) is 26.2 Å². The molecule has 0 spiro atoms. The molecule has 3 unspecified atom stereocenters. The highest BCUT2D eigenvalue weighted by Crippen LogP contribution is 1.99. The molecule has 0 aromatic rings. The van der Waals surface area contributed by atoms with Crippen LogP contribution >= 0.6 is 0 Å². The van der Waals surface area contributed by atoms with Crippen LogP contribution in [0, 0.1) is 0 Å². The maximum atomic E-state index is 12.1. The first-order valence-corrected chi connectivity index (χ1v) is 7.80. The standard InChI is InChI=1S/C14H23N5O8/c1-6(15)12(24)19-7(2-3-9(16)20)13(25)17-5-10(21)18-8(14(26)27)4-11(22)23/h6-8H,2-5,15H2,1H3,(H2,16,20)(H,17,25)(H,18,21)(H,19,24)(H,22,23)(H,26,27). The van der Waals surface area contributed by atoms with E-state index in [9.17, 15) is 28.8 Å². The van der Waals surface area contributed by atoms with E-state index in [-0.39, 0.29) is 12.8 Å². The Morgan fingerprint density at radius 2 is 1.56 bits per heavy atom. The van der Waals surface area contributed by atoms with Gasteiger partial charge >= 0.3 is 11.9 Å². The molecule has 9 N–H and O–H groups in total. The second-order valence-corrected chi connectivity index (χ2v) is 5.63. The summed E-state index contributed by atoms with van der Waals surface area (Å²) in [5.41, 5.74) is 10.4. The predicted octanol–water partition coefficient (Wildman–Crippen LogP) is -3.76. The van der Waals surface area contributed by atoms with Gasteiger partial charge < -0.3 is 37.6 Å². The molecule has 4 amide bonds. The number of aliphatic carboxylic acids is 2. The zero-order valence-electron chi connectivity index (χ0n) is 14.6. The van der Waals surface area contributed by atoms with Gasteiger partial charge in [0, 0.05) is 6.42 Å². The van der Waals surface area contributed by atoms with Gasteiger partial charge in [-0.25, -0.2) is 4.79 Å². The van der Waals surface area contributed by atoms with Crippen molar-refractivity contribution in [2.45, 2.75) is 44.3 Å². The minimum absolute atomic E-state index is 0.141. The molecular formula is C14H23N5O8. The van der Waals surface area contributed by atoms with Crippen molar-refractivity contribution in [2.24, 2.45) is 11.5 Å². The zero-order valence-corrected chi connectivity index (χ0v) is 14.6. The molecular weight excluding hydrogens is 366 g/mol. The lowest BCUT2D eigenvalue weighted by Crippen LogP contribution is -2.53. The van der Waals surface area contributed by atoms with Gasteiger partial charge in [-0.05, 0) is 13.3 Å². The molecule has 0 saturated heterocycles. The summed E-state index contributed by atoms with van der Waals surface area (Å²) < 4.78 is 0. The van der Waals surface area contributed by atoms with Gasteiger partial charge in [0.05, 0.1) is 19.0 Å². The molecule has 0 heterocycles. The molecule has 3 atom stereocenters. The van der Waals surface area contributed by atoms with Crippen molar-refractivity contribution >= 4 is 35.6 Å². The van der Waals surface area contributed by atoms with Crippen molar-refractivity contribution in [3.8, 4) is 0 Å². The van der Waals surface area contributed by atoms with Crippen molar-refractivity contribution in [1.82, 2.24) is 16.0 Å². The normalized spacial score (nSPS) is 13.6. The monoisotopic (exact) mass is 389 g/mol.